The van der Waals surface area contributed by atoms with E-state index in [4.69, 9.17) is 0 Å². The lowest BCUT2D eigenvalue weighted by atomic mass is 10.1. The van der Waals surface area contributed by atoms with Gasteiger partial charge in [-0.25, -0.2) is 4.68 Å². The zero-order valence-electron chi connectivity index (χ0n) is 15.2. The molecule has 1 aromatic heterocycles. The van der Waals surface area contributed by atoms with Gasteiger partial charge in [-0.05, 0) is 24.8 Å². The molecule has 0 spiro atoms. The third-order valence-corrected chi connectivity index (χ3v) is 4.75. The standard InChI is InChI=1S/C20H27N3O2/c1-15(2)14-23-19(24)17-11-7-6-10-16(17)18(21-23)20(25)22-12-8-4-3-5-9-13-22/h6-7,10-11,15H,3-5,8-9,12-14H2,1-2H3. The van der Waals surface area contributed by atoms with Crippen molar-refractivity contribution in [3.05, 3.63) is 40.3 Å². The van der Waals surface area contributed by atoms with E-state index in [0.717, 1.165) is 25.9 Å². The normalized spacial score (nSPS) is 16.0. The Balaban J connectivity index is 2.05. The van der Waals surface area contributed by atoms with E-state index in [-0.39, 0.29) is 17.4 Å². The number of carbonyl (C=O) groups is 1. The molecule has 1 aromatic carbocycles. The zero-order chi connectivity index (χ0) is 17.8. The molecule has 3 rings (SSSR count). The minimum atomic E-state index is -0.117. The molecule has 1 saturated heterocycles. The molecule has 1 amide bonds. The monoisotopic (exact) mass is 341 g/mol. The number of hydrogen-bond acceptors (Lipinski definition) is 3. The van der Waals surface area contributed by atoms with Crippen molar-refractivity contribution < 1.29 is 4.79 Å². The molecular weight excluding hydrogens is 314 g/mol. The maximum atomic E-state index is 13.2. The van der Waals surface area contributed by atoms with Crippen LogP contribution in [0.25, 0.3) is 10.8 Å². The van der Waals surface area contributed by atoms with Gasteiger partial charge in [-0.3, -0.25) is 9.59 Å². The first-order valence-electron chi connectivity index (χ1n) is 9.37. The van der Waals surface area contributed by atoms with Crippen molar-refractivity contribution in [1.82, 2.24) is 14.7 Å². The minimum Gasteiger partial charge on any atom is -0.337 e. The smallest absolute Gasteiger partial charge is 0.274 e. The summed E-state index contributed by atoms with van der Waals surface area (Å²) < 4.78 is 1.46. The SMILES string of the molecule is CC(C)Cn1nc(C(=O)N2CCCCCCC2)c2ccccc2c1=O. The average Bonchev–Trinajstić information content (AvgIpc) is 2.56. The van der Waals surface area contributed by atoms with Crippen LogP contribution >= 0.6 is 0 Å². The van der Waals surface area contributed by atoms with Crippen molar-refractivity contribution in [2.45, 2.75) is 52.5 Å². The van der Waals surface area contributed by atoms with Crippen molar-refractivity contribution in [3.8, 4) is 0 Å². The van der Waals surface area contributed by atoms with Crippen LogP contribution in [-0.4, -0.2) is 33.7 Å². The lowest BCUT2D eigenvalue weighted by Gasteiger charge is -2.25. The summed E-state index contributed by atoms with van der Waals surface area (Å²) in [7, 11) is 0. The molecule has 1 aliphatic rings. The van der Waals surface area contributed by atoms with E-state index in [0.29, 0.717) is 23.0 Å². The number of amides is 1. The number of likely N-dealkylation sites (tertiary alicyclic amines) is 1. The molecule has 25 heavy (non-hydrogen) atoms. The van der Waals surface area contributed by atoms with E-state index in [9.17, 15) is 9.59 Å². The Morgan fingerprint density at radius 1 is 1.04 bits per heavy atom. The van der Waals surface area contributed by atoms with E-state index < -0.39 is 0 Å². The van der Waals surface area contributed by atoms with Crippen LogP contribution in [0.5, 0.6) is 0 Å². The summed E-state index contributed by atoms with van der Waals surface area (Å²) in [4.78, 5) is 27.8. The van der Waals surface area contributed by atoms with Crippen molar-refractivity contribution >= 4 is 16.7 Å². The van der Waals surface area contributed by atoms with Crippen molar-refractivity contribution in [3.63, 3.8) is 0 Å². The second-order valence-corrected chi connectivity index (χ2v) is 7.34. The Kier molecular flexibility index (Phi) is 5.51. The summed E-state index contributed by atoms with van der Waals surface area (Å²) in [5.41, 5.74) is 0.296. The molecular formula is C20H27N3O2. The van der Waals surface area contributed by atoms with Crippen molar-refractivity contribution in [2.24, 2.45) is 5.92 Å². The van der Waals surface area contributed by atoms with Gasteiger partial charge in [-0.1, -0.05) is 51.3 Å². The summed E-state index contributed by atoms with van der Waals surface area (Å²) in [5, 5.41) is 5.73. The molecule has 0 unspecified atom stereocenters. The van der Waals surface area contributed by atoms with E-state index in [1.54, 1.807) is 6.07 Å². The molecule has 0 bridgehead atoms. The molecule has 0 saturated carbocycles. The van der Waals surface area contributed by atoms with Gasteiger partial charge in [0.1, 0.15) is 0 Å². The molecule has 5 heteroatoms. The number of hydrogen-bond donors (Lipinski definition) is 0. The lowest BCUT2D eigenvalue weighted by Crippen LogP contribution is -2.36. The fraction of sp³-hybridized carbons (Fsp3) is 0.550. The van der Waals surface area contributed by atoms with Crippen molar-refractivity contribution in [1.29, 1.82) is 0 Å². The zero-order valence-corrected chi connectivity index (χ0v) is 15.2. The van der Waals surface area contributed by atoms with Crippen LogP contribution in [0.1, 0.15) is 56.4 Å². The second kappa shape index (κ2) is 7.81. The Bertz CT molecular complexity index is 802. The molecule has 2 heterocycles. The molecule has 0 N–H and O–H groups in total. The van der Waals surface area contributed by atoms with Gasteiger partial charge in [-0.2, -0.15) is 5.10 Å². The van der Waals surface area contributed by atoms with Gasteiger partial charge in [0, 0.05) is 25.0 Å². The Morgan fingerprint density at radius 2 is 1.64 bits per heavy atom. The third kappa shape index (κ3) is 3.91. The molecule has 5 nitrogen and oxygen atoms in total. The van der Waals surface area contributed by atoms with E-state index in [1.165, 1.54) is 23.9 Å². The second-order valence-electron chi connectivity index (χ2n) is 7.34. The highest BCUT2D eigenvalue weighted by molar-refractivity contribution is 6.04. The summed E-state index contributed by atoms with van der Waals surface area (Å²) in [6.45, 7) is 6.16. The Hall–Kier alpha value is -2.17. The maximum Gasteiger partial charge on any atom is 0.274 e. The van der Waals surface area contributed by atoms with Gasteiger partial charge >= 0.3 is 0 Å². The van der Waals surface area contributed by atoms with Crippen LogP contribution in [0.4, 0.5) is 0 Å². The lowest BCUT2D eigenvalue weighted by molar-refractivity contribution is 0.0735. The number of nitrogens with zero attached hydrogens (tertiary/aromatic N) is 3. The van der Waals surface area contributed by atoms with Crippen LogP contribution in [0.3, 0.4) is 0 Å². The maximum absolute atomic E-state index is 13.2. The number of carbonyl (C=O) groups excluding carboxylic acids is 1. The first-order valence-corrected chi connectivity index (χ1v) is 9.37. The summed E-state index contributed by atoms with van der Waals surface area (Å²) in [6.07, 6.45) is 5.67. The van der Waals surface area contributed by atoms with E-state index >= 15 is 0 Å². The molecule has 0 radical (unpaired) electrons. The summed E-state index contributed by atoms with van der Waals surface area (Å²) in [6, 6.07) is 7.33. The molecule has 2 aromatic rings. The van der Waals surface area contributed by atoms with Crippen LogP contribution in [0, 0.1) is 5.92 Å². The molecule has 1 aliphatic heterocycles. The molecule has 0 atom stereocenters. The first-order chi connectivity index (χ1) is 12.1. The van der Waals surface area contributed by atoms with Gasteiger partial charge in [0.15, 0.2) is 5.69 Å². The molecule has 134 valence electrons. The average molecular weight is 341 g/mol. The van der Waals surface area contributed by atoms with Gasteiger partial charge in [0.05, 0.1) is 5.39 Å². The largest absolute Gasteiger partial charge is 0.337 e. The quantitative estimate of drug-likeness (QED) is 0.859. The van der Waals surface area contributed by atoms with Gasteiger partial charge in [0.2, 0.25) is 0 Å². The Labute approximate surface area is 148 Å². The fourth-order valence-electron chi connectivity index (χ4n) is 3.46. The predicted molar refractivity (Wildman–Crippen MR) is 99.8 cm³/mol. The summed E-state index contributed by atoms with van der Waals surface area (Å²) >= 11 is 0. The van der Waals surface area contributed by atoms with Crippen LogP contribution in [0.2, 0.25) is 0 Å². The number of benzene rings is 1. The Morgan fingerprint density at radius 3 is 2.28 bits per heavy atom. The highest BCUT2D eigenvalue weighted by Crippen LogP contribution is 2.18. The van der Waals surface area contributed by atoms with Gasteiger partial charge in [0.25, 0.3) is 11.5 Å². The first kappa shape index (κ1) is 17.6. The third-order valence-electron chi connectivity index (χ3n) is 4.75. The summed E-state index contributed by atoms with van der Waals surface area (Å²) in [5.74, 6) is 0.242. The van der Waals surface area contributed by atoms with E-state index in [2.05, 4.69) is 5.10 Å². The minimum absolute atomic E-state index is 0.0457. The number of aromatic nitrogens is 2. The van der Waals surface area contributed by atoms with Gasteiger partial charge in [-0.15, -0.1) is 0 Å². The fourth-order valence-corrected chi connectivity index (χ4v) is 3.46. The van der Waals surface area contributed by atoms with Crippen LogP contribution in [0.15, 0.2) is 29.1 Å². The molecule has 1 fully saturated rings. The van der Waals surface area contributed by atoms with Crippen molar-refractivity contribution in [2.75, 3.05) is 13.1 Å². The highest BCUT2D eigenvalue weighted by Gasteiger charge is 2.22. The van der Waals surface area contributed by atoms with E-state index in [1.807, 2.05) is 36.9 Å². The van der Waals surface area contributed by atoms with Crippen LogP contribution in [-0.2, 0) is 6.54 Å². The molecule has 0 aliphatic carbocycles. The predicted octanol–water partition coefficient (Wildman–Crippen LogP) is 3.46. The van der Waals surface area contributed by atoms with Gasteiger partial charge < -0.3 is 4.90 Å². The topological polar surface area (TPSA) is 55.2 Å². The number of fused-ring (bicyclic) bond motifs is 1. The highest BCUT2D eigenvalue weighted by atomic mass is 16.2. The van der Waals surface area contributed by atoms with Crippen LogP contribution < -0.4 is 5.56 Å². The number of rotatable bonds is 3.